The Hall–Kier alpha value is -0.410. The number of hydrogen-bond donors (Lipinski definition) is 1. The number of thiazole rings is 1. The minimum atomic E-state index is 0.809. The van der Waals surface area contributed by atoms with Gasteiger partial charge in [-0.15, -0.1) is 11.3 Å². The molecular formula is C13H20N2S. The molecule has 3 rings (SSSR count). The number of nitrogens with zero attached hydrogens (tertiary/aromatic N) is 1. The van der Waals surface area contributed by atoms with Gasteiger partial charge in [-0.3, -0.25) is 0 Å². The molecule has 0 amide bonds. The van der Waals surface area contributed by atoms with E-state index < -0.39 is 0 Å². The number of rotatable bonds is 6. The zero-order valence-corrected chi connectivity index (χ0v) is 10.7. The summed E-state index contributed by atoms with van der Waals surface area (Å²) in [6.07, 6.45) is 5.62. The van der Waals surface area contributed by atoms with E-state index in [-0.39, 0.29) is 0 Å². The summed E-state index contributed by atoms with van der Waals surface area (Å²) < 4.78 is 0. The summed E-state index contributed by atoms with van der Waals surface area (Å²) in [6, 6.07) is 0. The molecule has 1 N–H and O–H groups in total. The molecule has 0 aromatic carbocycles. The molecule has 1 aromatic rings. The van der Waals surface area contributed by atoms with E-state index >= 15 is 0 Å². The highest BCUT2D eigenvalue weighted by Crippen LogP contribution is 2.41. The van der Waals surface area contributed by atoms with E-state index in [1.165, 1.54) is 36.4 Å². The number of nitrogens with one attached hydrogen (secondary N) is 1. The Morgan fingerprint density at radius 2 is 2.25 bits per heavy atom. The summed E-state index contributed by atoms with van der Waals surface area (Å²) in [5, 5.41) is 7.13. The van der Waals surface area contributed by atoms with Crippen LogP contribution < -0.4 is 5.32 Å². The van der Waals surface area contributed by atoms with E-state index in [1.54, 1.807) is 0 Å². The van der Waals surface area contributed by atoms with Gasteiger partial charge in [0.05, 0.1) is 10.7 Å². The highest BCUT2D eigenvalue weighted by Gasteiger charge is 2.28. The maximum Gasteiger partial charge on any atom is 0.0959 e. The second kappa shape index (κ2) is 4.46. The SMILES string of the molecule is CC(CNCc1csc(C2CC2)n1)C1CC1. The van der Waals surface area contributed by atoms with Crippen molar-refractivity contribution >= 4 is 11.3 Å². The first-order valence-corrected chi connectivity index (χ1v) is 7.36. The quantitative estimate of drug-likeness (QED) is 0.820. The van der Waals surface area contributed by atoms with Crippen LogP contribution in [0.4, 0.5) is 0 Å². The predicted octanol–water partition coefficient (Wildman–Crippen LogP) is 3.16. The van der Waals surface area contributed by atoms with Crippen LogP contribution in [0.1, 0.15) is 49.2 Å². The van der Waals surface area contributed by atoms with Crippen molar-refractivity contribution in [2.45, 2.75) is 45.1 Å². The van der Waals surface area contributed by atoms with Crippen LogP contribution in [0, 0.1) is 11.8 Å². The Kier molecular flexibility index (Phi) is 2.99. The van der Waals surface area contributed by atoms with Crippen LogP contribution in [-0.4, -0.2) is 11.5 Å². The van der Waals surface area contributed by atoms with Gasteiger partial charge in [0.2, 0.25) is 0 Å². The number of aromatic nitrogens is 1. The second-order valence-electron chi connectivity index (χ2n) is 5.40. The molecule has 1 aromatic heterocycles. The van der Waals surface area contributed by atoms with Crippen molar-refractivity contribution in [2.75, 3.05) is 6.54 Å². The summed E-state index contributed by atoms with van der Waals surface area (Å²) in [6.45, 7) is 4.47. The monoisotopic (exact) mass is 236 g/mol. The van der Waals surface area contributed by atoms with Crippen molar-refractivity contribution in [3.63, 3.8) is 0 Å². The molecule has 1 atom stereocenters. The third-order valence-corrected chi connectivity index (χ3v) is 4.75. The number of hydrogen-bond acceptors (Lipinski definition) is 3. The first-order valence-electron chi connectivity index (χ1n) is 6.48. The molecule has 0 bridgehead atoms. The summed E-state index contributed by atoms with van der Waals surface area (Å²) in [4.78, 5) is 4.69. The lowest BCUT2D eigenvalue weighted by Crippen LogP contribution is -2.21. The Morgan fingerprint density at radius 1 is 1.44 bits per heavy atom. The van der Waals surface area contributed by atoms with E-state index in [1.807, 2.05) is 11.3 Å². The fraction of sp³-hybridized carbons (Fsp3) is 0.769. The van der Waals surface area contributed by atoms with E-state index in [0.29, 0.717) is 0 Å². The first-order chi connectivity index (χ1) is 7.83. The molecule has 2 fully saturated rings. The van der Waals surface area contributed by atoms with Crippen LogP contribution in [-0.2, 0) is 6.54 Å². The van der Waals surface area contributed by atoms with Crippen molar-refractivity contribution in [3.05, 3.63) is 16.1 Å². The van der Waals surface area contributed by atoms with Gasteiger partial charge in [0, 0.05) is 17.8 Å². The van der Waals surface area contributed by atoms with Crippen molar-refractivity contribution in [3.8, 4) is 0 Å². The van der Waals surface area contributed by atoms with E-state index in [0.717, 1.165) is 30.8 Å². The molecule has 1 heterocycles. The van der Waals surface area contributed by atoms with E-state index in [4.69, 9.17) is 0 Å². The molecular weight excluding hydrogens is 216 g/mol. The largest absolute Gasteiger partial charge is 0.311 e. The molecule has 2 aliphatic rings. The Morgan fingerprint density at radius 3 is 2.94 bits per heavy atom. The fourth-order valence-electron chi connectivity index (χ4n) is 2.18. The van der Waals surface area contributed by atoms with Crippen LogP contribution in [0.25, 0.3) is 0 Å². The zero-order valence-electron chi connectivity index (χ0n) is 9.91. The van der Waals surface area contributed by atoms with Crippen molar-refractivity contribution in [1.82, 2.24) is 10.3 Å². The van der Waals surface area contributed by atoms with Gasteiger partial charge >= 0.3 is 0 Å². The average molecular weight is 236 g/mol. The van der Waals surface area contributed by atoms with Crippen molar-refractivity contribution < 1.29 is 0 Å². The smallest absolute Gasteiger partial charge is 0.0959 e. The topological polar surface area (TPSA) is 24.9 Å². The van der Waals surface area contributed by atoms with Gasteiger partial charge < -0.3 is 5.32 Å². The molecule has 0 spiro atoms. The summed E-state index contributed by atoms with van der Waals surface area (Å²) in [5.41, 5.74) is 1.25. The molecule has 0 radical (unpaired) electrons. The highest BCUT2D eigenvalue weighted by molar-refractivity contribution is 7.09. The normalized spacial score (nSPS) is 22.3. The Balaban J connectivity index is 1.42. The van der Waals surface area contributed by atoms with Crippen molar-refractivity contribution in [1.29, 1.82) is 0 Å². The van der Waals surface area contributed by atoms with Gasteiger partial charge in [0.1, 0.15) is 0 Å². The third kappa shape index (κ3) is 2.64. The lowest BCUT2D eigenvalue weighted by molar-refractivity contribution is 0.460. The fourth-order valence-corrected chi connectivity index (χ4v) is 3.17. The maximum atomic E-state index is 4.69. The second-order valence-corrected chi connectivity index (χ2v) is 6.29. The van der Waals surface area contributed by atoms with Gasteiger partial charge in [-0.2, -0.15) is 0 Å². The van der Waals surface area contributed by atoms with Gasteiger partial charge in [-0.1, -0.05) is 6.92 Å². The molecule has 0 saturated heterocycles. The Bertz CT molecular complexity index is 353. The lowest BCUT2D eigenvalue weighted by Gasteiger charge is -2.09. The summed E-state index contributed by atoms with van der Waals surface area (Å²) in [5.74, 6) is 2.66. The van der Waals surface area contributed by atoms with Gasteiger partial charge in [-0.25, -0.2) is 4.98 Å². The molecule has 2 nitrogen and oxygen atoms in total. The average Bonchev–Trinajstić information content (AvgIpc) is 3.17. The minimum absolute atomic E-state index is 0.809. The van der Waals surface area contributed by atoms with Crippen LogP contribution in [0.15, 0.2) is 5.38 Å². The summed E-state index contributed by atoms with van der Waals surface area (Å²) in [7, 11) is 0. The summed E-state index contributed by atoms with van der Waals surface area (Å²) >= 11 is 1.85. The maximum absolute atomic E-state index is 4.69. The third-order valence-electron chi connectivity index (χ3n) is 3.70. The van der Waals surface area contributed by atoms with Gasteiger partial charge in [0.15, 0.2) is 0 Å². The van der Waals surface area contributed by atoms with Gasteiger partial charge in [-0.05, 0) is 44.1 Å². The molecule has 1 unspecified atom stereocenters. The molecule has 0 aliphatic heterocycles. The standard InChI is InChI=1S/C13H20N2S/c1-9(10-2-3-10)6-14-7-12-8-16-13(15-12)11-4-5-11/h8-11,14H,2-7H2,1H3. The molecule has 2 aliphatic carbocycles. The zero-order chi connectivity index (χ0) is 11.0. The first kappa shape index (κ1) is 10.7. The molecule has 2 saturated carbocycles. The molecule has 16 heavy (non-hydrogen) atoms. The minimum Gasteiger partial charge on any atom is -0.311 e. The van der Waals surface area contributed by atoms with Crippen LogP contribution in [0.3, 0.4) is 0 Å². The van der Waals surface area contributed by atoms with Crippen LogP contribution >= 0.6 is 11.3 Å². The molecule has 88 valence electrons. The van der Waals surface area contributed by atoms with Crippen LogP contribution in [0.5, 0.6) is 0 Å². The van der Waals surface area contributed by atoms with Crippen molar-refractivity contribution in [2.24, 2.45) is 11.8 Å². The highest BCUT2D eigenvalue weighted by atomic mass is 32.1. The Labute approximate surface area is 101 Å². The van der Waals surface area contributed by atoms with E-state index in [9.17, 15) is 0 Å². The lowest BCUT2D eigenvalue weighted by atomic mass is 10.1. The van der Waals surface area contributed by atoms with Crippen LogP contribution in [0.2, 0.25) is 0 Å². The van der Waals surface area contributed by atoms with Gasteiger partial charge in [0.25, 0.3) is 0 Å². The predicted molar refractivity (Wildman–Crippen MR) is 67.7 cm³/mol. The molecule has 3 heteroatoms. The van der Waals surface area contributed by atoms with E-state index in [2.05, 4.69) is 22.6 Å².